The zero-order valence-corrected chi connectivity index (χ0v) is 15.0. The Kier molecular flexibility index (Phi) is 6.63. The SMILES string of the molecule is Cc1ccc(O[PH](=S)N(C)/N=C/c2ccc(ON=[N+]=[N-])cc2)cc1. The fraction of sp³-hybridized carbons (Fsp3) is 0.133. The summed E-state index contributed by atoms with van der Waals surface area (Å²) in [7, 11) is 0.100. The Bertz CT molecular complexity index is 773. The van der Waals surface area contributed by atoms with Crippen molar-refractivity contribution in [2.75, 3.05) is 7.05 Å². The molecule has 0 N–H and O–H groups in total. The van der Waals surface area contributed by atoms with E-state index in [9.17, 15) is 0 Å². The Balaban J connectivity index is 1.93. The smallest absolute Gasteiger partial charge is 0.207 e. The van der Waals surface area contributed by atoms with Crippen molar-refractivity contribution >= 4 is 25.1 Å². The first-order chi connectivity index (χ1) is 11.6. The highest BCUT2D eigenvalue weighted by Crippen LogP contribution is 2.30. The van der Waals surface area contributed by atoms with Crippen LogP contribution in [0.5, 0.6) is 11.5 Å². The molecule has 0 bridgehead atoms. The maximum atomic E-state index is 8.19. The average molecular weight is 361 g/mol. The van der Waals surface area contributed by atoms with Crippen LogP contribution in [-0.4, -0.2) is 18.0 Å². The molecule has 0 spiro atoms. The predicted octanol–water partition coefficient (Wildman–Crippen LogP) is 4.45. The number of hydrogen-bond donors (Lipinski definition) is 0. The molecule has 0 aliphatic heterocycles. The largest absolute Gasteiger partial charge is 0.450 e. The van der Waals surface area contributed by atoms with Crippen molar-refractivity contribution in [2.45, 2.75) is 6.92 Å². The Morgan fingerprint density at radius 1 is 1.12 bits per heavy atom. The molecular weight excluding hydrogens is 345 g/mol. The number of benzene rings is 2. The molecule has 2 aromatic carbocycles. The van der Waals surface area contributed by atoms with Crippen LogP contribution in [0.25, 0.3) is 10.4 Å². The van der Waals surface area contributed by atoms with Gasteiger partial charge in [0.05, 0.1) is 6.21 Å². The van der Waals surface area contributed by atoms with E-state index in [1.807, 2.05) is 31.2 Å². The number of hydrazone groups is 1. The van der Waals surface area contributed by atoms with Crippen LogP contribution in [0.1, 0.15) is 11.1 Å². The Morgan fingerprint density at radius 2 is 1.75 bits per heavy atom. The van der Waals surface area contributed by atoms with Crippen LogP contribution in [0, 0.1) is 6.92 Å². The standard InChI is InChI=1S/C15H16N5O2PS/c1-12-3-7-15(8-4-12)22-23(24)20(2)17-11-13-5-9-14(10-6-13)21-19-18-16/h3-11,23H,1-2H3/b17-11+. The fourth-order valence-corrected chi connectivity index (χ4v) is 2.71. The topological polar surface area (TPSA) is 82.8 Å². The van der Waals surface area contributed by atoms with Gasteiger partial charge in [0.1, 0.15) is 16.8 Å². The highest BCUT2D eigenvalue weighted by Gasteiger charge is 2.02. The van der Waals surface area contributed by atoms with Crippen molar-refractivity contribution in [1.29, 1.82) is 0 Å². The van der Waals surface area contributed by atoms with Crippen LogP contribution in [0.3, 0.4) is 0 Å². The third-order valence-electron chi connectivity index (χ3n) is 2.93. The summed E-state index contributed by atoms with van der Waals surface area (Å²) >= 11 is 5.38. The Morgan fingerprint density at radius 3 is 2.38 bits per heavy atom. The van der Waals surface area contributed by atoms with Gasteiger partial charge in [-0.25, -0.2) is 4.78 Å². The molecule has 0 aromatic heterocycles. The van der Waals surface area contributed by atoms with Gasteiger partial charge >= 0.3 is 0 Å². The number of aryl methyl sites for hydroxylation is 1. The van der Waals surface area contributed by atoms with Crippen molar-refractivity contribution < 1.29 is 9.36 Å². The first-order valence-corrected chi connectivity index (χ1v) is 9.45. The minimum absolute atomic E-state index is 0.453. The third kappa shape index (κ3) is 5.59. The predicted molar refractivity (Wildman–Crippen MR) is 99.1 cm³/mol. The summed E-state index contributed by atoms with van der Waals surface area (Å²) in [4.78, 5) is 7.29. The van der Waals surface area contributed by atoms with Gasteiger partial charge < -0.3 is 9.36 Å². The third-order valence-corrected chi connectivity index (χ3v) is 5.03. The van der Waals surface area contributed by atoms with E-state index in [1.54, 1.807) is 42.3 Å². The van der Waals surface area contributed by atoms with Gasteiger partial charge in [0, 0.05) is 12.0 Å². The monoisotopic (exact) mass is 361 g/mol. The first-order valence-electron chi connectivity index (χ1n) is 6.96. The average Bonchev–Trinajstić information content (AvgIpc) is 2.60. The Hall–Kier alpha value is -2.53. The molecule has 1 atom stereocenters. The van der Waals surface area contributed by atoms with Crippen molar-refractivity contribution in [2.24, 2.45) is 10.4 Å². The molecule has 2 rings (SSSR count). The van der Waals surface area contributed by atoms with E-state index in [2.05, 4.69) is 15.3 Å². The molecule has 0 aliphatic carbocycles. The van der Waals surface area contributed by atoms with Crippen LogP contribution in [0.2, 0.25) is 0 Å². The summed E-state index contributed by atoms with van der Waals surface area (Å²) in [6, 6.07) is 14.7. The zero-order valence-electron chi connectivity index (χ0n) is 13.2. The second-order valence-electron chi connectivity index (χ2n) is 4.78. The van der Waals surface area contributed by atoms with Gasteiger partial charge in [0.15, 0.2) is 0 Å². The van der Waals surface area contributed by atoms with Gasteiger partial charge in [0.25, 0.3) is 0 Å². The molecule has 7 nitrogen and oxygen atoms in total. The molecule has 24 heavy (non-hydrogen) atoms. The lowest BCUT2D eigenvalue weighted by molar-refractivity contribution is 0.333. The molecule has 0 amide bonds. The quantitative estimate of drug-likeness (QED) is 0.182. The Labute approximate surface area is 145 Å². The van der Waals surface area contributed by atoms with Crippen LogP contribution in [0.15, 0.2) is 58.9 Å². The number of rotatable bonds is 7. The summed E-state index contributed by atoms with van der Waals surface area (Å²) in [5.41, 5.74) is 10.2. The molecule has 0 saturated carbocycles. The van der Waals surface area contributed by atoms with Gasteiger partial charge in [-0.2, -0.15) is 5.10 Å². The maximum Gasteiger partial charge on any atom is 0.207 e. The van der Waals surface area contributed by atoms with Gasteiger partial charge in [-0.3, -0.25) is 0 Å². The van der Waals surface area contributed by atoms with E-state index in [1.165, 1.54) is 5.56 Å². The van der Waals surface area contributed by atoms with Gasteiger partial charge in [-0.1, -0.05) is 17.7 Å². The molecule has 0 fully saturated rings. The lowest BCUT2D eigenvalue weighted by Gasteiger charge is -2.16. The number of azide groups is 1. The minimum atomic E-state index is -1.68. The highest BCUT2D eigenvalue weighted by molar-refractivity contribution is 8.02. The van der Waals surface area contributed by atoms with E-state index in [-0.39, 0.29) is 0 Å². The van der Waals surface area contributed by atoms with E-state index < -0.39 is 7.07 Å². The number of hydrogen-bond acceptors (Lipinski definition) is 5. The summed E-state index contributed by atoms with van der Waals surface area (Å²) in [6.07, 6.45) is 1.67. The molecule has 2 aromatic rings. The summed E-state index contributed by atoms with van der Waals surface area (Å²) < 4.78 is 7.39. The van der Waals surface area contributed by atoms with Crippen molar-refractivity contribution in [3.05, 3.63) is 70.1 Å². The van der Waals surface area contributed by atoms with Gasteiger partial charge in [-0.15, -0.1) is 0 Å². The van der Waals surface area contributed by atoms with E-state index >= 15 is 0 Å². The van der Waals surface area contributed by atoms with Gasteiger partial charge in [0.2, 0.25) is 7.07 Å². The molecule has 124 valence electrons. The first kappa shape index (κ1) is 17.8. The second kappa shape index (κ2) is 8.93. The normalized spacial score (nSPS) is 11.6. The van der Waals surface area contributed by atoms with E-state index in [0.717, 1.165) is 11.3 Å². The van der Waals surface area contributed by atoms with E-state index in [4.69, 9.17) is 26.7 Å². The molecule has 0 radical (unpaired) electrons. The van der Waals surface area contributed by atoms with Crippen LogP contribution in [-0.2, 0) is 11.8 Å². The van der Waals surface area contributed by atoms with Crippen molar-refractivity contribution in [1.82, 2.24) is 4.78 Å². The van der Waals surface area contributed by atoms with Crippen LogP contribution < -0.4 is 9.36 Å². The number of nitrogens with zero attached hydrogens (tertiary/aromatic N) is 5. The van der Waals surface area contributed by atoms with Gasteiger partial charge in [-0.05, 0) is 66.2 Å². The summed E-state index contributed by atoms with van der Waals surface area (Å²) in [5, 5.41) is 7.33. The molecule has 0 aliphatic rings. The van der Waals surface area contributed by atoms with Crippen LogP contribution >= 0.6 is 7.07 Å². The lowest BCUT2D eigenvalue weighted by Crippen LogP contribution is -2.03. The van der Waals surface area contributed by atoms with Crippen molar-refractivity contribution in [3.63, 3.8) is 0 Å². The van der Waals surface area contributed by atoms with E-state index in [0.29, 0.717) is 5.75 Å². The molecule has 1 unspecified atom stereocenters. The molecular formula is C15H16N5O2PS. The molecule has 0 saturated heterocycles. The molecule has 9 heteroatoms. The molecule has 0 heterocycles. The lowest BCUT2D eigenvalue weighted by atomic mass is 10.2. The summed E-state index contributed by atoms with van der Waals surface area (Å²) in [5.74, 6) is 1.19. The summed E-state index contributed by atoms with van der Waals surface area (Å²) in [6.45, 7) is 2.02. The second-order valence-corrected chi connectivity index (χ2v) is 7.21. The van der Waals surface area contributed by atoms with Crippen molar-refractivity contribution in [3.8, 4) is 11.5 Å². The highest BCUT2D eigenvalue weighted by atomic mass is 32.4. The zero-order chi connectivity index (χ0) is 17.4. The fourth-order valence-electron chi connectivity index (χ4n) is 1.65. The maximum absolute atomic E-state index is 8.19. The minimum Gasteiger partial charge on any atom is -0.450 e. The van der Waals surface area contributed by atoms with Crippen LogP contribution in [0.4, 0.5) is 0 Å².